The molecule has 4 nitrogen and oxygen atoms in total. The Morgan fingerprint density at radius 1 is 1.42 bits per heavy atom. The van der Waals surface area contributed by atoms with E-state index >= 15 is 0 Å². The van der Waals surface area contributed by atoms with Gasteiger partial charge in [0.25, 0.3) is 0 Å². The third-order valence-electron chi connectivity index (χ3n) is 4.49. The molecule has 1 aliphatic carbocycles. The minimum absolute atomic E-state index is 0.365. The van der Waals surface area contributed by atoms with Crippen LogP contribution in [0.1, 0.15) is 18.7 Å². The van der Waals surface area contributed by atoms with Gasteiger partial charge in [-0.1, -0.05) is 0 Å². The predicted molar refractivity (Wildman–Crippen MR) is 79.4 cm³/mol. The van der Waals surface area contributed by atoms with Crippen LogP contribution in [-0.4, -0.2) is 29.7 Å². The van der Waals surface area contributed by atoms with E-state index in [4.69, 9.17) is 5.73 Å². The van der Waals surface area contributed by atoms with Crippen LogP contribution in [0.2, 0.25) is 0 Å². The third-order valence-corrected chi connectivity index (χ3v) is 4.49. The lowest BCUT2D eigenvalue weighted by Gasteiger charge is -2.24. The molecule has 3 rings (SSSR count). The number of fused-ring (bicyclic) bond motifs is 1. The molecule has 1 aliphatic rings. The average Bonchev–Trinajstić information content (AvgIpc) is 3.12. The zero-order valence-corrected chi connectivity index (χ0v) is 12.0. The van der Waals surface area contributed by atoms with E-state index in [1.165, 1.54) is 24.0 Å². The standard InChI is InChI=1S/C15H22N4/c1-11-17-13-8-12(4-5-14(13)19(11)3)18(2)10-15(9-16)6-7-15/h4-5,8H,6-7,9-10,16H2,1-3H3. The van der Waals surface area contributed by atoms with E-state index in [2.05, 4.69) is 46.7 Å². The minimum atomic E-state index is 0.365. The zero-order valence-electron chi connectivity index (χ0n) is 12.0. The fourth-order valence-electron chi connectivity index (χ4n) is 2.74. The summed E-state index contributed by atoms with van der Waals surface area (Å²) in [6.07, 6.45) is 2.53. The first kappa shape index (κ1) is 12.5. The molecule has 0 spiro atoms. The van der Waals surface area contributed by atoms with Gasteiger partial charge in [-0.15, -0.1) is 0 Å². The van der Waals surface area contributed by atoms with Gasteiger partial charge >= 0.3 is 0 Å². The number of benzene rings is 1. The van der Waals surface area contributed by atoms with Crippen molar-refractivity contribution < 1.29 is 0 Å². The minimum Gasteiger partial charge on any atom is -0.374 e. The van der Waals surface area contributed by atoms with Gasteiger partial charge in [-0.05, 0) is 44.5 Å². The van der Waals surface area contributed by atoms with Gasteiger partial charge < -0.3 is 15.2 Å². The topological polar surface area (TPSA) is 47.1 Å². The van der Waals surface area contributed by atoms with Gasteiger partial charge in [-0.2, -0.15) is 0 Å². The van der Waals surface area contributed by atoms with Gasteiger partial charge in [0.15, 0.2) is 0 Å². The van der Waals surface area contributed by atoms with Crippen LogP contribution in [0.3, 0.4) is 0 Å². The van der Waals surface area contributed by atoms with Crippen molar-refractivity contribution in [2.75, 3.05) is 25.0 Å². The molecule has 2 N–H and O–H groups in total. The summed E-state index contributed by atoms with van der Waals surface area (Å²) in [5, 5.41) is 0. The number of anilines is 1. The third kappa shape index (κ3) is 2.10. The van der Waals surface area contributed by atoms with Gasteiger partial charge in [0, 0.05) is 31.7 Å². The second kappa shape index (κ2) is 4.23. The van der Waals surface area contributed by atoms with E-state index < -0.39 is 0 Å². The Morgan fingerprint density at radius 2 is 2.16 bits per heavy atom. The van der Waals surface area contributed by atoms with Crippen molar-refractivity contribution in [1.29, 1.82) is 0 Å². The Kier molecular flexibility index (Phi) is 2.78. The Labute approximate surface area is 114 Å². The fraction of sp³-hybridized carbons (Fsp3) is 0.533. The number of hydrogen-bond donors (Lipinski definition) is 1. The van der Waals surface area contributed by atoms with Gasteiger partial charge in [0.05, 0.1) is 11.0 Å². The summed E-state index contributed by atoms with van der Waals surface area (Å²) in [5.74, 6) is 1.05. The van der Waals surface area contributed by atoms with E-state index in [0.717, 1.165) is 24.4 Å². The number of hydrogen-bond acceptors (Lipinski definition) is 3. The Balaban J connectivity index is 1.88. The number of aryl methyl sites for hydroxylation is 2. The van der Waals surface area contributed by atoms with Crippen molar-refractivity contribution in [2.45, 2.75) is 19.8 Å². The van der Waals surface area contributed by atoms with Gasteiger partial charge in [-0.3, -0.25) is 0 Å². The molecule has 2 aromatic rings. The summed E-state index contributed by atoms with van der Waals surface area (Å²) in [6.45, 7) is 3.88. The Hall–Kier alpha value is -1.55. The fourth-order valence-corrected chi connectivity index (χ4v) is 2.74. The van der Waals surface area contributed by atoms with E-state index in [-0.39, 0.29) is 0 Å². The number of nitrogens with two attached hydrogens (primary N) is 1. The van der Waals surface area contributed by atoms with Crippen LogP contribution >= 0.6 is 0 Å². The number of rotatable bonds is 4. The lowest BCUT2D eigenvalue weighted by atomic mass is 10.1. The first-order chi connectivity index (χ1) is 9.04. The molecule has 1 aromatic carbocycles. The van der Waals surface area contributed by atoms with Crippen molar-refractivity contribution in [1.82, 2.24) is 9.55 Å². The summed E-state index contributed by atoms with van der Waals surface area (Å²) in [6, 6.07) is 6.51. The van der Waals surface area contributed by atoms with Crippen molar-refractivity contribution in [3.05, 3.63) is 24.0 Å². The first-order valence-corrected chi connectivity index (χ1v) is 6.89. The molecule has 0 atom stereocenters. The molecule has 0 amide bonds. The Morgan fingerprint density at radius 3 is 2.79 bits per heavy atom. The Bertz CT molecular complexity index is 610. The molecule has 4 heteroatoms. The highest BCUT2D eigenvalue weighted by Crippen LogP contribution is 2.45. The lowest BCUT2D eigenvalue weighted by Crippen LogP contribution is -2.31. The van der Waals surface area contributed by atoms with Crippen molar-refractivity contribution >= 4 is 16.7 Å². The molecule has 1 aromatic heterocycles. The summed E-state index contributed by atoms with van der Waals surface area (Å²) < 4.78 is 2.13. The van der Waals surface area contributed by atoms with Crippen LogP contribution in [0.25, 0.3) is 11.0 Å². The monoisotopic (exact) mass is 258 g/mol. The van der Waals surface area contributed by atoms with Crippen LogP contribution in [0.5, 0.6) is 0 Å². The van der Waals surface area contributed by atoms with Gasteiger partial charge in [0.1, 0.15) is 5.82 Å². The number of imidazole rings is 1. The smallest absolute Gasteiger partial charge is 0.106 e. The molecule has 0 aliphatic heterocycles. The highest BCUT2D eigenvalue weighted by Gasteiger charge is 2.42. The molecule has 1 heterocycles. The molecule has 0 bridgehead atoms. The molecule has 0 unspecified atom stereocenters. The van der Waals surface area contributed by atoms with E-state index in [1.54, 1.807) is 0 Å². The molecular weight excluding hydrogens is 236 g/mol. The average molecular weight is 258 g/mol. The van der Waals surface area contributed by atoms with Crippen LogP contribution < -0.4 is 10.6 Å². The van der Waals surface area contributed by atoms with Crippen LogP contribution in [-0.2, 0) is 7.05 Å². The van der Waals surface area contributed by atoms with Crippen LogP contribution in [0, 0.1) is 12.3 Å². The lowest BCUT2D eigenvalue weighted by molar-refractivity contribution is 0.523. The van der Waals surface area contributed by atoms with Gasteiger partial charge in [-0.25, -0.2) is 4.98 Å². The van der Waals surface area contributed by atoms with Crippen molar-refractivity contribution in [2.24, 2.45) is 18.2 Å². The van der Waals surface area contributed by atoms with Crippen molar-refractivity contribution in [3.63, 3.8) is 0 Å². The number of aromatic nitrogens is 2. The predicted octanol–water partition coefficient (Wildman–Crippen LogP) is 2.06. The molecular formula is C15H22N4. The SMILES string of the molecule is Cc1nc2cc(N(C)CC3(CN)CC3)ccc2n1C. The second-order valence-corrected chi connectivity index (χ2v) is 5.95. The van der Waals surface area contributed by atoms with Crippen molar-refractivity contribution in [3.8, 4) is 0 Å². The van der Waals surface area contributed by atoms with E-state index in [1.807, 2.05) is 6.92 Å². The highest BCUT2D eigenvalue weighted by atomic mass is 15.1. The highest BCUT2D eigenvalue weighted by molar-refractivity contribution is 5.80. The number of nitrogens with zero attached hydrogens (tertiary/aromatic N) is 3. The molecule has 1 saturated carbocycles. The molecule has 1 fully saturated rings. The maximum Gasteiger partial charge on any atom is 0.106 e. The van der Waals surface area contributed by atoms with E-state index in [0.29, 0.717) is 5.41 Å². The summed E-state index contributed by atoms with van der Waals surface area (Å²) in [7, 11) is 4.20. The maximum atomic E-state index is 5.87. The zero-order chi connectivity index (χ0) is 13.6. The van der Waals surface area contributed by atoms with E-state index in [9.17, 15) is 0 Å². The first-order valence-electron chi connectivity index (χ1n) is 6.89. The second-order valence-electron chi connectivity index (χ2n) is 5.95. The maximum absolute atomic E-state index is 5.87. The largest absolute Gasteiger partial charge is 0.374 e. The van der Waals surface area contributed by atoms with Crippen LogP contribution in [0.4, 0.5) is 5.69 Å². The molecule has 0 radical (unpaired) electrons. The summed E-state index contributed by atoms with van der Waals surface area (Å²) >= 11 is 0. The molecule has 19 heavy (non-hydrogen) atoms. The van der Waals surface area contributed by atoms with Crippen LogP contribution in [0.15, 0.2) is 18.2 Å². The summed E-state index contributed by atoms with van der Waals surface area (Å²) in [4.78, 5) is 6.91. The quantitative estimate of drug-likeness (QED) is 0.913. The van der Waals surface area contributed by atoms with Gasteiger partial charge in [0.2, 0.25) is 0 Å². The molecule has 0 saturated heterocycles. The normalized spacial score (nSPS) is 16.8. The molecule has 102 valence electrons. The summed E-state index contributed by atoms with van der Waals surface area (Å²) in [5.41, 5.74) is 9.72.